The zero-order valence-electron chi connectivity index (χ0n) is 9.26. The molecule has 0 saturated heterocycles. The average Bonchev–Trinajstić information content (AvgIpc) is 2.02. The van der Waals surface area contributed by atoms with Crippen LogP contribution in [0.5, 0.6) is 0 Å². The highest BCUT2D eigenvalue weighted by Gasteiger charge is 2.21. The summed E-state index contributed by atoms with van der Waals surface area (Å²) in [6.07, 6.45) is 0.779. The monoisotopic (exact) mass is 208 g/mol. The van der Waals surface area contributed by atoms with Crippen molar-refractivity contribution in [2.24, 2.45) is 0 Å². The third-order valence-electron chi connectivity index (χ3n) is 2.25. The molecule has 2 heteroatoms. The molecule has 0 nitrogen and oxygen atoms in total. The molecule has 0 heterocycles. The summed E-state index contributed by atoms with van der Waals surface area (Å²) in [6.45, 7) is 8.49. The van der Waals surface area contributed by atoms with E-state index in [1.165, 1.54) is 5.56 Å². The van der Waals surface area contributed by atoms with Crippen LogP contribution in [0.3, 0.4) is 0 Å². The molecule has 0 amide bonds. The number of rotatable bonds is 2. The van der Waals surface area contributed by atoms with Gasteiger partial charge in [0, 0.05) is 0 Å². The molecule has 0 radical (unpaired) electrons. The van der Waals surface area contributed by atoms with Crippen molar-refractivity contribution in [1.29, 1.82) is 0 Å². The van der Waals surface area contributed by atoms with Crippen LogP contribution in [0, 0.1) is 6.92 Å². The Balaban J connectivity index is 3.16. The van der Waals surface area contributed by atoms with Crippen LogP contribution >= 0.6 is 0 Å². The molecule has 0 saturated carbocycles. The first-order valence-corrected chi connectivity index (χ1v) is 8.33. The maximum Gasteiger partial charge on any atom is 0.0865 e. The van der Waals surface area contributed by atoms with Gasteiger partial charge in [-0.3, -0.25) is 0 Å². The second-order valence-electron chi connectivity index (χ2n) is 4.64. The van der Waals surface area contributed by atoms with Crippen LogP contribution in [0.2, 0.25) is 19.6 Å². The van der Waals surface area contributed by atoms with Crippen molar-refractivity contribution in [3.05, 3.63) is 41.7 Å². The third-order valence-corrected chi connectivity index (χ3v) is 4.26. The van der Waals surface area contributed by atoms with Crippen molar-refractivity contribution in [1.82, 2.24) is 0 Å². The highest BCUT2D eigenvalue weighted by atomic mass is 28.3. The molecule has 0 N–H and O–H groups in total. The predicted molar refractivity (Wildman–Crippen MR) is 63.6 cm³/mol. The van der Waals surface area contributed by atoms with E-state index in [4.69, 9.17) is 0 Å². The minimum atomic E-state index is -1.56. The van der Waals surface area contributed by atoms with Crippen LogP contribution in [-0.4, -0.2) is 8.07 Å². The molecule has 0 fully saturated rings. The lowest BCUT2D eigenvalue weighted by Crippen LogP contribution is -2.22. The molecule has 0 bridgehead atoms. The van der Waals surface area contributed by atoms with Crippen LogP contribution in [-0.2, 0) is 0 Å². The van der Waals surface area contributed by atoms with E-state index in [0.717, 1.165) is 17.1 Å². The smallest absolute Gasteiger partial charge is 0.0865 e. The fourth-order valence-electron chi connectivity index (χ4n) is 1.47. The molecule has 0 aromatic heterocycles. The van der Waals surface area contributed by atoms with Gasteiger partial charge in [-0.25, -0.2) is 4.39 Å². The van der Waals surface area contributed by atoms with Gasteiger partial charge >= 0.3 is 0 Å². The summed E-state index contributed by atoms with van der Waals surface area (Å²) in [5, 5.41) is 0.890. The lowest BCUT2D eigenvalue weighted by molar-refractivity contribution is 0.725. The van der Waals surface area contributed by atoms with Gasteiger partial charge in [0.05, 0.1) is 14.4 Å². The van der Waals surface area contributed by atoms with Gasteiger partial charge < -0.3 is 0 Å². The van der Waals surface area contributed by atoms with Crippen molar-refractivity contribution >= 4 is 13.3 Å². The number of aryl methyl sites for hydroxylation is 1. The van der Waals surface area contributed by atoms with Crippen molar-refractivity contribution in [2.45, 2.75) is 26.6 Å². The quantitative estimate of drug-likeness (QED) is 0.639. The summed E-state index contributed by atoms with van der Waals surface area (Å²) in [6, 6.07) is 8.04. The number of benzene rings is 1. The van der Waals surface area contributed by atoms with E-state index in [9.17, 15) is 4.39 Å². The fourth-order valence-corrected chi connectivity index (χ4v) is 2.82. The SMILES string of the molecule is Cc1cccc(/C(=C/F)[Si](C)(C)C)c1. The second-order valence-corrected chi connectivity index (χ2v) is 9.68. The van der Waals surface area contributed by atoms with Gasteiger partial charge in [-0.2, -0.15) is 0 Å². The Bertz CT molecular complexity index is 348. The summed E-state index contributed by atoms with van der Waals surface area (Å²) in [5.74, 6) is 0. The normalized spacial score (nSPS) is 13.1. The Hall–Kier alpha value is -0.893. The summed E-state index contributed by atoms with van der Waals surface area (Å²) in [4.78, 5) is 0. The van der Waals surface area contributed by atoms with Gasteiger partial charge in [-0.05, 0) is 17.7 Å². The summed E-state index contributed by atoms with van der Waals surface area (Å²) >= 11 is 0. The average molecular weight is 208 g/mol. The van der Waals surface area contributed by atoms with E-state index in [-0.39, 0.29) is 0 Å². The minimum Gasteiger partial charge on any atom is -0.216 e. The molecule has 1 aromatic carbocycles. The largest absolute Gasteiger partial charge is 0.216 e. The summed E-state index contributed by atoms with van der Waals surface area (Å²) in [7, 11) is -1.56. The summed E-state index contributed by atoms with van der Waals surface area (Å²) in [5.41, 5.74) is 2.21. The van der Waals surface area contributed by atoms with E-state index in [2.05, 4.69) is 19.6 Å². The maximum atomic E-state index is 12.8. The molecule has 0 aliphatic carbocycles. The number of hydrogen-bond donors (Lipinski definition) is 0. The van der Waals surface area contributed by atoms with Crippen molar-refractivity contribution in [2.75, 3.05) is 0 Å². The predicted octanol–water partition coefficient (Wildman–Crippen LogP) is 4.18. The van der Waals surface area contributed by atoms with E-state index < -0.39 is 8.07 Å². The van der Waals surface area contributed by atoms with E-state index >= 15 is 0 Å². The first-order valence-electron chi connectivity index (χ1n) is 4.83. The van der Waals surface area contributed by atoms with Crippen LogP contribution in [0.1, 0.15) is 11.1 Å². The first kappa shape index (κ1) is 11.2. The minimum absolute atomic E-state index is 0.779. The molecule has 0 aliphatic rings. The van der Waals surface area contributed by atoms with Crippen molar-refractivity contribution in [3.63, 3.8) is 0 Å². The molecule has 0 unspecified atom stereocenters. The van der Waals surface area contributed by atoms with Gasteiger partial charge in [-0.15, -0.1) is 0 Å². The maximum absolute atomic E-state index is 12.8. The van der Waals surface area contributed by atoms with E-state index in [1.54, 1.807) is 0 Å². The zero-order valence-corrected chi connectivity index (χ0v) is 10.3. The fraction of sp³-hybridized carbons (Fsp3) is 0.333. The Kier molecular flexibility index (Phi) is 3.27. The van der Waals surface area contributed by atoms with E-state index in [1.807, 2.05) is 31.2 Å². The Morgan fingerprint density at radius 1 is 1.29 bits per heavy atom. The second kappa shape index (κ2) is 4.09. The Labute approximate surface area is 86.5 Å². The van der Waals surface area contributed by atoms with Crippen LogP contribution in [0.25, 0.3) is 5.20 Å². The van der Waals surface area contributed by atoms with E-state index in [0.29, 0.717) is 0 Å². The Morgan fingerprint density at radius 3 is 2.36 bits per heavy atom. The number of hydrogen-bond acceptors (Lipinski definition) is 0. The van der Waals surface area contributed by atoms with Crippen molar-refractivity contribution < 1.29 is 4.39 Å². The highest BCUT2D eigenvalue weighted by Crippen LogP contribution is 2.26. The molecule has 0 atom stereocenters. The standard InChI is InChI=1S/C12H17FSi/c1-10-6-5-7-11(8-10)12(9-13)14(2,3)4/h5-9H,1-4H3/b12-9-. The van der Waals surface area contributed by atoms with Crippen molar-refractivity contribution in [3.8, 4) is 0 Å². The molecule has 1 aromatic rings. The highest BCUT2D eigenvalue weighted by molar-refractivity contribution is 6.93. The number of halogens is 1. The van der Waals surface area contributed by atoms with Gasteiger partial charge in [0.25, 0.3) is 0 Å². The molecule has 0 spiro atoms. The first-order chi connectivity index (χ1) is 6.45. The summed E-state index contributed by atoms with van der Waals surface area (Å²) < 4.78 is 12.8. The van der Waals surface area contributed by atoms with Crippen LogP contribution < -0.4 is 0 Å². The van der Waals surface area contributed by atoms with Gasteiger partial charge in [0.2, 0.25) is 0 Å². The van der Waals surface area contributed by atoms with Crippen LogP contribution in [0.15, 0.2) is 30.6 Å². The van der Waals surface area contributed by atoms with Gasteiger partial charge in [0.15, 0.2) is 0 Å². The molecule has 14 heavy (non-hydrogen) atoms. The molecular weight excluding hydrogens is 191 g/mol. The molecule has 1 rings (SSSR count). The van der Waals surface area contributed by atoms with Crippen LogP contribution in [0.4, 0.5) is 4.39 Å². The molecule has 0 aliphatic heterocycles. The van der Waals surface area contributed by atoms with Gasteiger partial charge in [0.1, 0.15) is 0 Å². The zero-order chi connectivity index (χ0) is 10.8. The lowest BCUT2D eigenvalue weighted by Gasteiger charge is -2.20. The molecular formula is C12H17FSi. The molecule has 76 valence electrons. The third kappa shape index (κ3) is 2.55. The lowest BCUT2D eigenvalue weighted by atomic mass is 10.1. The Morgan fingerprint density at radius 2 is 1.93 bits per heavy atom. The van der Waals surface area contributed by atoms with Gasteiger partial charge in [-0.1, -0.05) is 49.5 Å². The topological polar surface area (TPSA) is 0 Å².